The van der Waals surface area contributed by atoms with Gasteiger partial charge in [0, 0.05) is 5.56 Å². The van der Waals surface area contributed by atoms with Crippen LogP contribution in [0.5, 0.6) is 5.75 Å². The number of hydrogen-bond donors (Lipinski definition) is 2. The Bertz CT molecular complexity index is 954. The van der Waals surface area contributed by atoms with E-state index in [0.717, 1.165) is 25.7 Å². The topological polar surface area (TPSA) is 88.2 Å². The molecule has 0 spiro atoms. The first-order valence-corrected chi connectivity index (χ1v) is 8.91. The van der Waals surface area contributed by atoms with Gasteiger partial charge in [-0.05, 0) is 42.5 Å². The van der Waals surface area contributed by atoms with Gasteiger partial charge in [-0.15, -0.1) is 15.0 Å². The van der Waals surface area contributed by atoms with Crippen LogP contribution < -0.4 is 0 Å². The third-order valence-electron chi connectivity index (χ3n) is 5.45. The molecule has 0 aliphatic heterocycles. The first-order valence-electron chi connectivity index (χ1n) is 8.91. The summed E-state index contributed by atoms with van der Waals surface area (Å²) in [6.45, 7) is 2.10. The highest BCUT2D eigenvalue weighted by Gasteiger charge is 2.33. The standard InChI is InChI=1S/C20H21N3O3/c1-20(9-5-2-6-10-20)14-11-13(19(25)26)12-17(18(14)24)23-21-15-7-3-4-8-16(15)22-23/h3-4,7-8,11-12,24H,2,5-6,9-10H2,1H3,(H,25,26). The zero-order valence-corrected chi connectivity index (χ0v) is 14.6. The van der Waals surface area contributed by atoms with Gasteiger partial charge in [0.05, 0.1) is 5.56 Å². The number of fused-ring (bicyclic) bond motifs is 1. The molecule has 1 saturated carbocycles. The van der Waals surface area contributed by atoms with Crippen LogP contribution in [0.3, 0.4) is 0 Å². The van der Waals surface area contributed by atoms with E-state index in [2.05, 4.69) is 17.1 Å². The predicted molar refractivity (Wildman–Crippen MR) is 97.9 cm³/mol. The van der Waals surface area contributed by atoms with Gasteiger partial charge in [-0.1, -0.05) is 38.3 Å². The fourth-order valence-corrected chi connectivity index (χ4v) is 3.92. The van der Waals surface area contributed by atoms with Gasteiger partial charge < -0.3 is 10.2 Å². The molecule has 0 amide bonds. The summed E-state index contributed by atoms with van der Waals surface area (Å²) in [4.78, 5) is 13.0. The number of carbonyl (C=O) groups is 1. The smallest absolute Gasteiger partial charge is 0.335 e. The lowest BCUT2D eigenvalue weighted by Gasteiger charge is -2.35. The Morgan fingerprint density at radius 2 is 1.69 bits per heavy atom. The number of carboxylic acid groups (broad SMARTS) is 1. The normalized spacial score (nSPS) is 16.7. The molecule has 6 heteroatoms. The van der Waals surface area contributed by atoms with Crippen molar-refractivity contribution in [3.8, 4) is 11.4 Å². The first kappa shape index (κ1) is 16.6. The molecule has 2 aromatic carbocycles. The van der Waals surface area contributed by atoms with E-state index in [4.69, 9.17) is 0 Å². The van der Waals surface area contributed by atoms with Crippen molar-refractivity contribution < 1.29 is 15.0 Å². The Labute approximate surface area is 151 Å². The Hall–Kier alpha value is -2.89. The molecule has 0 bridgehead atoms. The minimum absolute atomic E-state index is 0.0692. The van der Waals surface area contributed by atoms with E-state index in [-0.39, 0.29) is 16.7 Å². The summed E-state index contributed by atoms with van der Waals surface area (Å²) in [6, 6.07) is 10.4. The van der Waals surface area contributed by atoms with Gasteiger partial charge in [0.15, 0.2) is 0 Å². The molecule has 26 heavy (non-hydrogen) atoms. The predicted octanol–water partition coefficient (Wildman–Crippen LogP) is 4.05. The molecule has 3 aromatic rings. The number of hydrogen-bond acceptors (Lipinski definition) is 4. The van der Waals surface area contributed by atoms with Crippen molar-refractivity contribution in [3.05, 3.63) is 47.5 Å². The van der Waals surface area contributed by atoms with E-state index in [1.54, 1.807) is 6.07 Å². The van der Waals surface area contributed by atoms with Crippen LogP contribution in [0.2, 0.25) is 0 Å². The Morgan fingerprint density at radius 1 is 1.08 bits per heavy atom. The highest BCUT2D eigenvalue weighted by molar-refractivity contribution is 5.89. The number of carboxylic acids is 1. The maximum Gasteiger partial charge on any atom is 0.335 e. The Balaban J connectivity index is 1.92. The second-order valence-corrected chi connectivity index (χ2v) is 7.30. The highest BCUT2D eigenvalue weighted by Crippen LogP contribution is 2.44. The summed E-state index contributed by atoms with van der Waals surface area (Å²) in [7, 11) is 0. The summed E-state index contributed by atoms with van der Waals surface area (Å²) in [6.07, 6.45) is 5.18. The molecule has 0 saturated heterocycles. The lowest BCUT2D eigenvalue weighted by Crippen LogP contribution is -2.26. The van der Waals surface area contributed by atoms with E-state index < -0.39 is 5.97 Å². The second-order valence-electron chi connectivity index (χ2n) is 7.30. The van der Waals surface area contributed by atoms with Crippen LogP contribution in [0.25, 0.3) is 16.7 Å². The largest absolute Gasteiger partial charge is 0.505 e. The number of benzene rings is 2. The van der Waals surface area contributed by atoms with Crippen molar-refractivity contribution in [1.82, 2.24) is 15.0 Å². The second kappa shape index (κ2) is 6.12. The SMILES string of the molecule is CC1(c2cc(C(=O)O)cc(-n3nc4ccccc4n3)c2O)CCCCC1. The van der Waals surface area contributed by atoms with Crippen LogP contribution in [0, 0.1) is 0 Å². The van der Waals surface area contributed by atoms with Crippen LogP contribution in [0.1, 0.15) is 54.9 Å². The maximum atomic E-state index is 11.7. The fourth-order valence-electron chi connectivity index (χ4n) is 3.92. The number of aromatic nitrogens is 3. The van der Waals surface area contributed by atoms with Gasteiger partial charge in [0.1, 0.15) is 22.5 Å². The number of phenolic OH excluding ortho intramolecular Hbond substituents is 1. The van der Waals surface area contributed by atoms with Crippen molar-refractivity contribution in [1.29, 1.82) is 0 Å². The summed E-state index contributed by atoms with van der Waals surface area (Å²) in [5, 5.41) is 29.4. The minimum atomic E-state index is -1.02. The molecular weight excluding hydrogens is 330 g/mol. The molecule has 0 radical (unpaired) electrons. The van der Waals surface area contributed by atoms with E-state index in [1.807, 2.05) is 24.3 Å². The van der Waals surface area contributed by atoms with Crippen molar-refractivity contribution in [2.75, 3.05) is 0 Å². The number of nitrogens with zero attached hydrogens (tertiary/aromatic N) is 3. The minimum Gasteiger partial charge on any atom is -0.505 e. The summed E-state index contributed by atoms with van der Waals surface area (Å²) < 4.78 is 0. The van der Waals surface area contributed by atoms with Crippen LogP contribution in [-0.4, -0.2) is 31.2 Å². The van der Waals surface area contributed by atoms with Crippen LogP contribution >= 0.6 is 0 Å². The maximum absolute atomic E-state index is 11.7. The van der Waals surface area contributed by atoms with E-state index in [1.165, 1.54) is 17.3 Å². The third kappa shape index (κ3) is 2.71. The average Bonchev–Trinajstić information content (AvgIpc) is 3.06. The Kier molecular flexibility index (Phi) is 3.90. The van der Waals surface area contributed by atoms with Gasteiger partial charge in [0.25, 0.3) is 0 Å². The first-order chi connectivity index (χ1) is 12.5. The van der Waals surface area contributed by atoms with E-state index in [0.29, 0.717) is 22.3 Å². The third-order valence-corrected chi connectivity index (χ3v) is 5.45. The van der Waals surface area contributed by atoms with Crippen molar-refractivity contribution in [2.45, 2.75) is 44.4 Å². The summed E-state index contributed by atoms with van der Waals surface area (Å²) in [5.74, 6) is -0.955. The van der Waals surface area contributed by atoms with Crippen molar-refractivity contribution in [3.63, 3.8) is 0 Å². The van der Waals surface area contributed by atoms with Gasteiger partial charge in [-0.2, -0.15) is 0 Å². The van der Waals surface area contributed by atoms with Gasteiger partial charge >= 0.3 is 5.97 Å². The highest BCUT2D eigenvalue weighted by atomic mass is 16.4. The average molecular weight is 351 g/mol. The van der Waals surface area contributed by atoms with Gasteiger partial charge in [0.2, 0.25) is 0 Å². The molecule has 6 nitrogen and oxygen atoms in total. The van der Waals surface area contributed by atoms with E-state index in [9.17, 15) is 15.0 Å². The molecule has 4 rings (SSSR count). The van der Waals surface area contributed by atoms with Gasteiger partial charge in [-0.25, -0.2) is 4.79 Å². The summed E-state index contributed by atoms with van der Waals surface area (Å²) in [5.41, 5.74) is 2.27. The molecule has 1 fully saturated rings. The Morgan fingerprint density at radius 3 is 2.27 bits per heavy atom. The molecular formula is C20H21N3O3. The number of aromatic carboxylic acids is 1. The molecule has 1 heterocycles. The number of phenols is 1. The molecule has 2 N–H and O–H groups in total. The van der Waals surface area contributed by atoms with Crippen LogP contribution in [0.4, 0.5) is 0 Å². The number of rotatable bonds is 3. The summed E-state index contributed by atoms with van der Waals surface area (Å²) >= 11 is 0. The van der Waals surface area contributed by atoms with Crippen molar-refractivity contribution in [2.24, 2.45) is 0 Å². The lowest BCUT2D eigenvalue weighted by molar-refractivity contribution is 0.0696. The lowest BCUT2D eigenvalue weighted by atomic mass is 9.70. The molecule has 0 atom stereocenters. The molecule has 134 valence electrons. The quantitative estimate of drug-likeness (QED) is 0.743. The zero-order valence-electron chi connectivity index (χ0n) is 14.6. The number of aromatic hydroxyl groups is 1. The van der Waals surface area contributed by atoms with Crippen LogP contribution in [0.15, 0.2) is 36.4 Å². The molecule has 1 aromatic heterocycles. The van der Waals surface area contributed by atoms with Gasteiger partial charge in [-0.3, -0.25) is 0 Å². The van der Waals surface area contributed by atoms with Crippen molar-refractivity contribution >= 4 is 17.0 Å². The van der Waals surface area contributed by atoms with Crippen LogP contribution in [-0.2, 0) is 5.41 Å². The molecule has 1 aliphatic carbocycles. The molecule has 0 unspecified atom stereocenters. The fraction of sp³-hybridized carbons (Fsp3) is 0.350. The monoisotopic (exact) mass is 351 g/mol. The van der Waals surface area contributed by atoms with E-state index >= 15 is 0 Å². The zero-order chi connectivity index (χ0) is 18.3. The molecule has 1 aliphatic rings.